The van der Waals surface area contributed by atoms with Gasteiger partial charge < -0.3 is 4.90 Å². The first-order valence-corrected chi connectivity index (χ1v) is 8.56. The van der Waals surface area contributed by atoms with Crippen molar-refractivity contribution in [2.24, 2.45) is 0 Å². The van der Waals surface area contributed by atoms with Crippen LogP contribution in [0.1, 0.15) is 36.1 Å². The number of aryl methyl sites for hydroxylation is 1. The minimum Gasteiger partial charge on any atom is -0.335 e. The molecule has 1 aromatic heterocycles. The second-order valence-electron chi connectivity index (χ2n) is 5.67. The van der Waals surface area contributed by atoms with Gasteiger partial charge in [0.25, 0.3) is 0 Å². The predicted octanol–water partition coefficient (Wildman–Crippen LogP) is 4.26. The fraction of sp³-hybridized carbons (Fsp3) is 0.389. The molecule has 110 valence electrons. The minimum absolute atomic E-state index is 0.318. The molecule has 1 fully saturated rings. The Morgan fingerprint density at radius 3 is 2.62 bits per heavy atom. The Morgan fingerprint density at radius 2 is 1.95 bits per heavy atom. The van der Waals surface area contributed by atoms with Crippen LogP contribution >= 0.6 is 11.3 Å². The maximum absolute atomic E-state index is 12.5. The maximum Gasteiger partial charge on any atom is 0.223 e. The van der Waals surface area contributed by atoms with Gasteiger partial charge in [0, 0.05) is 23.9 Å². The third kappa shape index (κ3) is 4.18. The van der Waals surface area contributed by atoms with E-state index in [1.807, 2.05) is 18.2 Å². The van der Waals surface area contributed by atoms with Crippen molar-refractivity contribution in [3.63, 3.8) is 0 Å². The van der Waals surface area contributed by atoms with Crippen LogP contribution in [-0.2, 0) is 17.8 Å². The van der Waals surface area contributed by atoms with E-state index in [0.717, 1.165) is 19.4 Å². The average Bonchev–Trinajstić information content (AvgIpc) is 3.22. The smallest absolute Gasteiger partial charge is 0.223 e. The third-order valence-electron chi connectivity index (χ3n) is 3.90. The van der Waals surface area contributed by atoms with Crippen molar-refractivity contribution >= 4 is 17.2 Å². The van der Waals surface area contributed by atoms with Crippen molar-refractivity contribution in [3.05, 3.63) is 58.3 Å². The quantitative estimate of drug-likeness (QED) is 0.748. The molecule has 0 N–H and O–H groups in total. The van der Waals surface area contributed by atoms with Gasteiger partial charge in [-0.2, -0.15) is 0 Å². The van der Waals surface area contributed by atoms with Gasteiger partial charge in [-0.15, -0.1) is 11.3 Å². The number of rotatable bonds is 7. The van der Waals surface area contributed by atoms with Crippen molar-refractivity contribution < 1.29 is 4.79 Å². The van der Waals surface area contributed by atoms with Gasteiger partial charge in [-0.3, -0.25) is 4.79 Å². The average molecular weight is 299 g/mol. The Morgan fingerprint density at radius 1 is 1.14 bits per heavy atom. The van der Waals surface area contributed by atoms with Crippen LogP contribution in [0.3, 0.4) is 0 Å². The Kier molecular flexibility index (Phi) is 4.71. The Bertz CT molecular complexity index is 560. The molecule has 0 atom stereocenters. The molecule has 0 bridgehead atoms. The number of thiophene rings is 1. The Balaban J connectivity index is 1.52. The second-order valence-corrected chi connectivity index (χ2v) is 6.70. The van der Waals surface area contributed by atoms with Gasteiger partial charge in [0.05, 0.1) is 0 Å². The summed E-state index contributed by atoms with van der Waals surface area (Å²) in [5.41, 5.74) is 1.23. The summed E-state index contributed by atoms with van der Waals surface area (Å²) in [4.78, 5) is 16.0. The van der Waals surface area contributed by atoms with Crippen molar-refractivity contribution in [2.75, 3.05) is 0 Å². The summed E-state index contributed by atoms with van der Waals surface area (Å²) in [5.74, 6) is 0.318. The summed E-state index contributed by atoms with van der Waals surface area (Å²) in [5, 5.41) is 2.10. The highest BCUT2D eigenvalue weighted by molar-refractivity contribution is 7.09. The molecule has 1 amide bonds. The summed E-state index contributed by atoms with van der Waals surface area (Å²) in [6.07, 6.45) is 4.98. The van der Waals surface area contributed by atoms with Gasteiger partial charge in [0.1, 0.15) is 0 Å². The maximum atomic E-state index is 12.5. The topological polar surface area (TPSA) is 20.3 Å². The molecule has 3 rings (SSSR count). The number of amides is 1. The first-order chi connectivity index (χ1) is 10.3. The summed E-state index contributed by atoms with van der Waals surface area (Å²) in [6.45, 7) is 0.767. The van der Waals surface area contributed by atoms with E-state index in [1.165, 1.54) is 23.3 Å². The normalized spacial score (nSPS) is 14.1. The molecule has 0 aliphatic heterocycles. The van der Waals surface area contributed by atoms with Gasteiger partial charge in [0.2, 0.25) is 5.91 Å². The van der Waals surface area contributed by atoms with Crippen LogP contribution in [0.2, 0.25) is 0 Å². The summed E-state index contributed by atoms with van der Waals surface area (Å²) in [6, 6.07) is 15.0. The van der Waals surface area contributed by atoms with Gasteiger partial charge in [-0.1, -0.05) is 36.4 Å². The lowest BCUT2D eigenvalue weighted by atomic mass is 10.1. The van der Waals surface area contributed by atoms with Crippen molar-refractivity contribution in [1.82, 2.24) is 4.90 Å². The number of carbonyl (C=O) groups is 1. The highest BCUT2D eigenvalue weighted by atomic mass is 32.1. The second kappa shape index (κ2) is 6.90. The van der Waals surface area contributed by atoms with Crippen molar-refractivity contribution in [3.8, 4) is 0 Å². The van der Waals surface area contributed by atoms with E-state index >= 15 is 0 Å². The molecule has 2 aromatic rings. The van der Waals surface area contributed by atoms with E-state index in [2.05, 4.69) is 34.5 Å². The molecule has 1 aromatic carbocycles. The van der Waals surface area contributed by atoms with Crippen LogP contribution in [0.5, 0.6) is 0 Å². The van der Waals surface area contributed by atoms with E-state index in [1.54, 1.807) is 11.3 Å². The zero-order chi connectivity index (χ0) is 14.5. The fourth-order valence-electron chi connectivity index (χ4n) is 2.60. The van der Waals surface area contributed by atoms with E-state index in [0.29, 0.717) is 18.4 Å². The molecular formula is C18H21NOS. The first kappa shape index (κ1) is 14.3. The predicted molar refractivity (Wildman–Crippen MR) is 87.3 cm³/mol. The molecule has 0 radical (unpaired) electrons. The molecular weight excluding hydrogens is 278 g/mol. The van der Waals surface area contributed by atoms with Gasteiger partial charge in [0.15, 0.2) is 0 Å². The lowest BCUT2D eigenvalue weighted by molar-refractivity contribution is -0.132. The van der Waals surface area contributed by atoms with Crippen molar-refractivity contribution in [1.29, 1.82) is 0 Å². The highest BCUT2D eigenvalue weighted by Crippen LogP contribution is 2.29. The fourth-order valence-corrected chi connectivity index (χ4v) is 3.35. The zero-order valence-corrected chi connectivity index (χ0v) is 13.0. The molecule has 3 heteroatoms. The molecule has 0 spiro atoms. The number of carbonyl (C=O) groups excluding carboxylic acids is 1. The molecule has 1 aliphatic carbocycles. The van der Waals surface area contributed by atoms with Crippen LogP contribution in [-0.4, -0.2) is 16.8 Å². The van der Waals surface area contributed by atoms with Crippen LogP contribution in [0.25, 0.3) is 0 Å². The SMILES string of the molecule is O=C(CCCc1cccs1)N(Cc1ccccc1)C1CC1. The number of benzene rings is 1. The van der Waals surface area contributed by atoms with Gasteiger partial charge >= 0.3 is 0 Å². The lowest BCUT2D eigenvalue weighted by Gasteiger charge is -2.22. The summed E-state index contributed by atoms with van der Waals surface area (Å²) < 4.78 is 0. The molecule has 1 saturated carbocycles. The lowest BCUT2D eigenvalue weighted by Crippen LogP contribution is -2.32. The largest absolute Gasteiger partial charge is 0.335 e. The molecule has 2 nitrogen and oxygen atoms in total. The van der Waals surface area contributed by atoms with Crippen LogP contribution < -0.4 is 0 Å². The van der Waals surface area contributed by atoms with E-state index in [9.17, 15) is 4.79 Å². The first-order valence-electron chi connectivity index (χ1n) is 7.69. The molecule has 1 heterocycles. The minimum atomic E-state index is 0.318. The Hall–Kier alpha value is -1.61. The van der Waals surface area contributed by atoms with Gasteiger partial charge in [-0.25, -0.2) is 0 Å². The molecule has 0 saturated heterocycles. The third-order valence-corrected chi connectivity index (χ3v) is 4.83. The summed E-state index contributed by atoms with van der Waals surface area (Å²) >= 11 is 1.78. The van der Waals surface area contributed by atoms with E-state index in [4.69, 9.17) is 0 Å². The number of nitrogens with zero attached hydrogens (tertiary/aromatic N) is 1. The number of hydrogen-bond acceptors (Lipinski definition) is 2. The standard InChI is InChI=1S/C18H21NOS/c20-18(10-4-8-17-9-5-13-21-17)19(16-11-12-16)14-15-6-2-1-3-7-15/h1-3,5-7,9,13,16H,4,8,10-12,14H2. The molecule has 1 aliphatic rings. The van der Waals surface area contributed by atoms with Crippen LogP contribution in [0.15, 0.2) is 47.8 Å². The zero-order valence-electron chi connectivity index (χ0n) is 12.2. The Labute approximate surface area is 130 Å². The van der Waals surface area contributed by atoms with E-state index < -0.39 is 0 Å². The van der Waals surface area contributed by atoms with E-state index in [-0.39, 0.29) is 0 Å². The van der Waals surface area contributed by atoms with Crippen molar-refractivity contribution in [2.45, 2.75) is 44.7 Å². The van der Waals surface area contributed by atoms with Crippen LogP contribution in [0.4, 0.5) is 0 Å². The molecule has 0 unspecified atom stereocenters. The highest BCUT2D eigenvalue weighted by Gasteiger charge is 2.31. The molecule has 21 heavy (non-hydrogen) atoms. The monoisotopic (exact) mass is 299 g/mol. The van der Waals surface area contributed by atoms with Crippen LogP contribution in [0, 0.1) is 0 Å². The summed E-state index contributed by atoms with van der Waals surface area (Å²) in [7, 11) is 0. The number of hydrogen-bond donors (Lipinski definition) is 0. The van der Waals surface area contributed by atoms with Gasteiger partial charge in [-0.05, 0) is 42.7 Å².